The van der Waals surface area contributed by atoms with Crippen LogP contribution in [0.1, 0.15) is 57.1 Å². The summed E-state index contributed by atoms with van der Waals surface area (Å²) in [6, 6.07) is 8.22. The second kappa shape index (κ2) is 8.26. The maximum atomic E-state index is 12.2. The molecule has 0 spiro atoms. The molecule has 1 N–H and O–H groups in total. The van der Waals surface area contributed by atoms with Crippen molar-refractivity contribution in [1.29, 1.82) is 0 Å². The lowest BCUT2D eigenvalue weighted by Crippen LogP contribution is -2.68. The lowest BCUT2D eigenvalue weighted by molar-refractivity contribution is -0.152. The van der Waals surface area contributed by atoms with E-state index in [0.29, 0.717) is 13.1 Å². The van der Waals surface area contributed by atoms with Gasteiger partial charge >= 0.3 is 0 Å². The van der Waals surface area contributed by atoms with E-state index in [1.54, 1.807) is 16.7 Å². The average Bonchev–Trinajstić information content (AvgIpc) is 3.16. The van der Waals surface area contributed by atoms with Gasteiger partial charge in [-0.2, -0.15) is 0 Å². The number of carbonyl (C=O) groups excluding carboxylic acids is 2. The zero-order valence-electron chi connectivity index (χ0n) is 16.5. The van der Waals surface area contributed by atoms with E-state index in [1.165, 1.54) is 24.5 Å². The topological polar surface area (TPSA) is 60.9 Å². The van der Waals surface area contributed by atoms with Crippen molar-refractivity contribution < 1.29 is 14.7 Å². The van der Waals surface area contributed by atoms with Crippen LogP contribution in [0.25, 0.3) is 5.57 Å². The fourth-order valence-electron chi connectivity index (χ4n) is 4.62. The monoisotopic (exact) mass is 370 g/mol. The Morgan fingerprint density at radius 3 is 2.37 bits per heavy atom. The molecule has 5 heteroatoms. The van der Waals surface area contributed by atoms with Crippen molar-refractivity contribution in [3.8, 4) is 0 Å². The number of allylic oxidation sites excluding steroid dienone is 2. The highest BCUT2D eigenvalue weighted by atomic mass is 16.3. The van der Waals surface area contributed by atoms with Gasteiger partial charge in [-0.1, -0.05) is 30.3 Å². The molecule has 1 aromatic carbocycles. The Balaban J connectivity index is 1.85. The number of carbonyl (C=O) groups is 2. The molecule has 0 unspecified atom stereocenters. The number of benzene rings is 1. The molecule has 0 radical (unpaired) electrons. The maximum Gasteiger partial charge on any atom is 0.220 e. The Morgan fingerprint density at radius 2 is 1.89 bits per heavy atom. The fraction of sp³-hybridized carbons (Fsp3) is 0.545. The first kappa shape index (κ1) is 19.6. The first-order valence-corrected chi connectivity index (χ1v) is 9.92. The highest BCUT2D eigenvalue weighted by molar-refractivity contribution is 5.77. The van der Waals surface area contributed by atoms with Gasteiger partial charge in [-0.3, -0.25) is 9.59 Å². The minimum absolute atomic E-state index is 0.00993. The zero-order chi connectivity index (χ0) is 19.6. The number of rotatable bonds is 6. The fourth-order valence-corrected chi connectivity index (χ4v) is 4.62. The lowest BCUT2D eigenvalue weighted by atomic mass is 9.74. The number of aliphatic hydroxyl groups excluding tert-OH is 1. The van der Waals surface area contributed by atoms with Crippen LogP contribution in [0.3, 0.4) is 0 Å². The standard InChI is InChI=1S/C22H30N2O3/c1-4-23(15(2)26)13-20-22(21(14-25)24(20)16(3)27)19-11-9-18(10-12-19)17-7-5-6-8-17/h7,9-12,20-22,25H,4-6,8,13-14H2,1-3H3/t20-,21-,22-/m0/s1. The largest absolute Gasteiger partial charge is 0.394 e. The first-order valence-electron chi connectivity index (χ1n) is 9.92. The van der Waals surface area contributed by atoms with E-state index in [0.717, 1.165) is 18.4 Å². The minimum atomic E-state index is -0.227. The molecule has 146 valence electrons. The third-order valence-corrected chi connectivity index (χ3v) is 6.04. The molecule has 1 aliphatic carbocycles. The normalized spacial score (nSPS) is 24.4. The van der Waals surface area contributed by atoms with Gasteiger partial charge in [-0.05, 0) is 42.9 Å². The van der Waals surface area contributed by atoms with Crippen LogP contribution in [0.15, 0.2) is 30.3 Å². The van der Waals surface area contributed by atoms with E-state index < -0.39 is 0 Å². The van der Waals surface area contributed by atoms with Crippen molar-refractivity contribution in [3.63, 3.8) is 0 Å². The average molecular weight is 370 g/mol. The van der Waals surface area contributed by atoms with Gasteiger partial charge in [0.15, 0.2) is 0 Å². The van der Waals surface area contributed by atoms with E-state index in [4.69, 9.17) is 0 Å². The number of likely N-dealkylation sites (N-methyl/N-ethyl adjacent to an activating group) is 1. The summed E-state index contributed by atoms with van der Waals surface area (Å²) < 4.78 is 0. The van der Waals surface area contributed by atoms with Crippen LogP contribution < -0.4 is 0 Å². The molecule has 1 aliphatic heterocycles. The molecule has 3 atom stereocenters. The van der Waals surface area contributed by atoms with Crippen LogP contribution in [0.2, 0.25) is 0 Å². The molecule has 1 fully saturated rings. The molecular formula is C22H30N2O3. The second-order valence-corrected chi connectivity index (χ2v) is 7.57. The summed E-state index contributed by atoms with van der Waals surface area (Å²) in [6.07, 6.45) is 5.81. The van der Waals surface area contributed by atoms with Gasteiger partial charge in [0.05, 0.1) is 18.7 Å². The van der Waals surface area contributed by atoms with E-state index in [2.05, 4.69) is 30.3 Å². The van der Waals surface area contributed by atoms with Gasteiger partial charge in [0.25, 0.3) is 0 Å². The Hall–Kier alpha value is -2.14. The van der Waals surface area contributed by atoms with Gasteiger partial charge in [0.1, 0.15) is 0 Å². The maximum absolute atomic E-state index is 12.2. The molecule has 2 aliphatic rings. The Kier molecular flexibility index (Phi) is 6.00. The number of aliphatic hydroxyl groups is 1. The second-order valence-electron chi connectivity index (χ2n) is 7.57. The molecule has 0 saturated carbocycles. The van der Waals surface area contributed by atoms with Crippen molar-refractivity contribution in [2.75, 3.05) is 19.7 Å². The summed E-state index contributed by atoms with van der Waals surface area (Å²) >= 11 is 0. The van der Waals surface area contributed by atoms with Crippen molar-refractivity contribution in [2.45, 2.75) is 58.0 Å². The summed E-state index contributed by atoms with van der Waals surface area (Å²) in [5.74, 6) is -0.00253. The summed E-state index contributed by atoms with van der Waals surface area (Å²) in [4.78, 5) is 27.5. The SMILES string of the molecule is CCN(C[C@H]1[C@H](c2ccc(C3=CCCC3)cc2)[C@H](CO)N1C(C)=O)C(C)=O. The quantitative estimate of drug-likeness (QED) is 0.838. The molecule has 27 heavy (non-hydrogen) atoms. The highest BCUT2D eigenvalue weighted by Gasteiger charge is 2.50. The van der Waals surface area contributed by atoms with Crippen LogP contribution in [0.4, 0.5) is 0 Å². The smallest absolute Gasteiger partial charge is 0.220 e. The van der Waals surface area contributed by atoms with Gasteiger partial charge < -0.3 is 14.9 Å². The van der Waals surface area contributed by atoms with Gasteiger partial charge in [-0.15, -0.1) is 0 Å². The third kappa shape index (κ3) is 3.79. The van der Waals surface area contributed by atoms with Crippen molar-refractivity contribution in [3.05, 3.63) is 41.5 Å². The van der Waals surface area contributed by atoms with E-state index in [9.17, 15) is 14.7 Å². The summed E-state index contributed by atoms with van der Waals surface area (Å²) in [5, 5.41) is 9.90. The van der Waals surface area contributed by atoms with Gasteiger partial charge in [0, 0.05) is 32.9 Å². The molecule has 0 bridgehead atoms. The number of hydrogen-bond acceptors (Lipinski definition) is 3. The number of amides is 2. The van der Waals surface area contributed by atoms with E-state index >= 15 is 0 Å². The molecule has 1 heterocycles. The van der Waals surface area contributed by atoms with Crippen LogP contribution in [0, 0.1) is 0 Å². The van der Waals surface area contributed by atoms with Crippen LogP contribution in [-0.4, -0.2) is 58.5 Å². The van der Waals surface area contributed by atoms with Crippen molar-refractivity contribution in [2.24, 2.45) is 0 Å². The number of hydrogen-bond donors (Lipinski definition) is 1. The molecule has 0 aromatic heterocycles. The Morgan fingerprint density at radius 1 is 1.19 bits per heavy atom. The van der Waals surface area contributed by atoms with Gasteiger partial charge in [-0.25, -0.2) is 0 Å². The summed E-state index contributed by atoms with van der Waals surface area (Å²) in [6.45, 7) is 6.08. The van der Waals surface area contributed by atoms with Crippen LogP contribution in [-0.2, 0) is 9.59 Å². The molecular weight excluding hydrogens is 340 g/mol. The summed E-state index contributed by atoms with van der Waals surface area (Å²) in [7, 11) is 0. The Labute approximate surface area is 161 Å². The molecule has 1 aromatic rings. The van der Waals surface area contributed by atoms with Crippen molar-refractivity contribution in [1.82, 2.24) is 9.80 Å². The lowest BCUT2D eigenvalue weighted by Gasteiger charge is -2.55. The van der Waals surface area contributed by atoms with Crippen molar-refractivity contribution >= 4 is 17.4 Å². The molecule has 5 nitrogen and oxygen atoms in total. The molecule has 3 rings (SSSR count). The third-order valence-electron chi connectivity index (χ3n) is 6.04. The van der Waals surface area contributed by atoms with E-state index in [1.807, 2.05) is 6.92 Å². The first-order chi connectivity index (χ1) is 13.0. The van der Waals surface area contributed by atoms with E-state index in [-0.39, 0.29) is 36.4 Å². The summed E-state index contributed by atoms with van der Waals surface area (Å²) in [5.41, 5.74) is 3.79. The number of nitrogens with zero attached hydrogens (tertiary/aromatic N) is 2. The highest BCUT2D eigenvalue weighted by Crippen LogP contribution is 2.41. The molecule has 2 amide bonds. The van der Waals surface area contributed by atoms with Crippen LogP contribution >= 0.6 is 0 Å². The predicted molar refractivity (Wildman–Crippen MR) is 106 cm³/mol. The minimum Gasteiger partial charge on any atom is -0.394 e. The molecule has 1 saturated heterocycles. The zero-order valence-corrected chi connectivity index (χ0v) is 16.5. The van der Waals surface area contributed by atoms with Crippen LogP contribution in [0.5, 0.6) is 0 Å². The Bertz CT molecular complexity index is 726. The predicted octanol–water partition coefficient (Wildman–Crippen LogP) is 2.80. The van der Waals surface area contributed by atoms with Gasteiger partial charge in [0.2, 0.25) is 11.8 Å². The number of likely N-dealkylation sites (tertiary alicyclic amines) is 1.